The summed E-state index contributed by atoms with van der Waals surface area (Å²) in [6.45, 7) is 0.340. The van der Waals surface area contributed by atoms with E-state index in [2.05, 4.69) is 15.6 Å². The van der Waals surface area contributed by atoms with E-state index in [0.717, 1.165) is 22.0 Å². The number of hydrogen-bond donors (Lipinski definition) is 3. The number of H-pyrrole nitrogens is 1. The van der Waals surface area contributed by atoms with E-state index in [1.54, 1.807) is 48.7 Å². The van der Waals surface area contributed by atoms with E-state index in [1.807, 2.05) is 36.4 Å². The van der Waals surface area contributed by atoms with Crippen molar-refractivity contribution in [3.05, 3.63) is 111 Å². The second-order valence-corrected chi connectivity index (χ2v) is 8.25. The van der Waals surface area contributed by atoms with Crippen LogP contribution in [0, 0.1) is 0 Å². The molecule has 0 saturated heterocycles. The molecular formula is C26H21Cl2N3O2. The van der Waals surface area contributed by atoms with E-state index in [-0.39, 0.29) is 11.6 Å². The number of hydrogen-bond acceptors (Lipinski definition) is 2. The minimum Gasteiger partial charge on any atom is -0.361 e. The van der Waals surface area contributed by atoms with Gasteiger partial charge in [0.25, 0.3) is 11.8 Å². The second-order valence-electron chi connectivity index (χ2n) is 7.41. The van der Waals surface area contributed by atoms with E-state index in [0.29, 0.717) is 28.6 Å². The highest BCUT2D eigenvalue weighted by Crippen LogP contribution is 2.22. The second kappa shape index (κ2) is 10.4. The third-order valence-corrected chi connectivity index (χ3v) is 5.73. The average Bonchev–Trinajstić information content (AvgIpc) is 3.23. The van der Waals surface area contributed by atoms with Gasteiger partial charge in [0.2, 0.25) is 0 Å². The third kappa shape index (κ3) is 5.64. The summed E-state index contributed by atoms with van der Waals surface area (Å²) in [6.07, 6.45) is 4.00. The fraction of sp³-hybridized carbons (Fsp3) is 0.0769. The van der Waals surface area contributed by atoms with E-state index in [4.69, 9.17) is 23.2 Å². The highest BCUT2D eigenvalue weighted by molar-refractivity contribution is 6.35. The van der Waals surface area contributed by atoms with Gasteiger partial charge in [0.1, 0.15) is 5.70 Å². The smallest absolute Gasteiger partial charge is 0.267 e. The molecule has 2 amide bonds. The Balaban J connectivity index is 1.55. The van der Waals surface area contributed by atoms with Crippen LogP contribution in [0.3, 0.4) is 0 Å². The van der Waals surface area contributed by atoms with Gasteiger partial charge in [0, 0.05) is 44.8 Å². The van der Waals surface area contributed by atoms with Crippen LogP contribution in [0.25, 0.3) is 17.0 Å². The molecule has 3 aromatic carbocycles. The van der Waals surface area contributed by atoms with Crippen LogP contribution < -0.4 is 10.6 Å². The van der Waals surface area contributed by atoms with Crippen molar-refractivity contribution in [2.24, 2.45) is 0 Å². The van der Waals surface area contributed by atoms with Gasteiger partial charge in [-0.05, 0) is 48.4 Å². The SMILES string of the molecule is O=C(NCCc1ccc(Cl)cc1Cl)C(=Cc1c[nH]c2ccccc12)NC(=O)c1ccccc1. The van der Waals surface area contributed by atoms with Gasteiger partial charge in [-0.1, -0.05) is 65.7 Å². The Hall–Kier alpha value is -3.54. The molecule has 7 heteroatoms. The highest BCUT2D eigenvalue weighted by Gasteiger charge is 2.15. The summed E-state index contributed by atoms with van der Waals surface area (Å²) in [7, 11) is 0. The highest BCUT2D eigenvalue weighted by atomic mass is 35.5. The fourth-order valence-corrected chi connectivity index (χ4v) is 3.94. The van der Waals surface area contributed by atoms with Crippen LogP contribution in [-0.4, -0.2) is 23.3 Å². The van der Waals surface area contributed by atoms with Gasteiger partial charge in [-0.3, -0.25) is 9.59 Å². The number of amides is 2. The maximum Gasteiger partial charge on any atom is 0.267 e. The van der Waals surface area contributed by atoms with Gasteiger partial charge in [-0.15, -0.1) is 0 Å². The van der Waals surface area contributed by atoms with Crippen LogP contribution in [0.4, 0.5) is 0 Å². The molecule has 0 bridgehead atoms. The standard InChI is InChI=1S/C26H21Cl2N3O2/c27-20-11-10-17(22(28)15-20)12-13-29-26(33)24(31-25(32)18-6-2-1-3-7-18)14-19-16-30-23-9-5-4-8-21(19)23/h1-11,14-16,30H,12-13H2,(H,29,33)(H,31,32). The van der Waals surface area contributed by atoms with Crippen molar-refractivity contribution in [2.45, 2.75) is 6.42 Å². The van der Waals surface area contributed by atoms with E-state index < -0.39 is 5.91 Å². The quantitative estimate of drug-likeness (QED) is 0.303. The zero-order valence-corrected chi connectivity index (χ0v) is 19.1. The number of carbonyl (C=O) groups excluding carboxylic acids is 2. The number of halogens is 2. The van der Waals surface area contributed by atoms with E-state index in [9.17, 15) is 9.59 Å². The number of aromatic nitrogens is 1. The molecule has 0 aliphatic heterocycles. The van der Waals surface area contributed by atoms with Gasteiger partial charge >= 0.3 is 0 Å². The molecule has 4 aromatic rings. The summed E-state index contributed by atoms with van der Waals surface area (Å²) < 4.78 is 0. The Bertz CT molecular complexity index is 1330. The minimum absolute atomic E-state index is 0.149. The first-order valence-corrected chi connectivity index (χ1v) is 11.1. The fourth-order valence-electron chi connectivity index (χ4n) is 3.44. The first-order valence-electron chi connectivity index (χ1n) is 10.4. The van der Waals surface area contributed by atoms with Crippen molar-refractivity contribution < 1.29 is 9.59 Å². The maximum absolute atomic E-state index is 13.0. The molecule has 0 spiro atoms. The lowest BCUT2D eigenvalue weighted by Gasteiger charge is -2.12. The van der Waals surface area contributed by atoms with Crippen molar-refractivity contribution in [3.63, 3.8) is 0 Å². The normalized spacial score (nSPS) is 11.4. The first kappa shape index (κ1) is 22.6. The number of aromatic amines is 1. The molecule has 3 N–H and O–H groups in total. The largest absolute Gasteiger partial charge is 0.361 e. The molecule has 0 radical (unpaired) electrons. The van der Waals surface area contributed by atoms with Gasteiger partial charge in [-0.25, -0.2) is 0 Å². The summed E-state index contributed by atoms with van der Waals surface area (Å²) >= 11 is 12.2. The van der Waals surface area contributed by atoms with Crippen LogP contribution in [0.2, 0.25) is 10.0 Å². The zero-order chi connectivity index (χ0) is 23.2. The predicted octanol–water partition coefficient (Wildman–Crippen LogP) is 5.60. The van der Waals surface area contributed by atoms with E-state index in [1.165, 1.54) is 0 Å². The Morgan fingerprint density at radius 3 is 2.48 bits per heavy atom. The molecule has 0 aliphatic rings. The lowest BCUT2D eigenvalue weighted by molar-refractivity contribution is -0.117. The van der Waals surface area contributed by atoms with Crippen molar-refractivity contribution in [1.82, 2.24) is 15.6 Å². The minimum atomic E-state index is -0.394. The van der Waals surface area contributed by atoms with Crippen molar-refractivity contribution >= 4 is 52.0 Å². The predicted molar refractivity (Wildman–Crippen MR) is 133 cm³/mol. The summed E-state index contributed by atoms with van der Waals surface area (Å²) in [5.41, 5.74) is 3.22. The topological polar surface area (TPSA) is 74.0 Å². The van der Waals surface area contributed by atoms with Gasteiger partial charge < -0.3 is 15.6 Å². The molecule has 0 atom stereocenters. The van der Waals surface area contributed by atoms with Crippen LogP contribution in [0.15, 0.2) is 84.7 Å². The Morgan fingerprint density at radius 1 is 0.939 bits per heavy atom. The number of nitrogens with one attached hydrogen (secondary N) is 3. The van der Waals surface area contributed by atoms with E-state index >= 15 is 0 Å². The molecule has 0 saturated carbocycles. The van der Waals surface area contributed by atoms with Gasteiger partial charge in [0.05, 0.1) is 0 Å². The van der Waals surface area contributed by atoms with Crippen LogP contribution >= 0.6 is 23.2 Å². The zero-order valence-electron chi connectivity index (χ0n) is 17.6. The number of fused-ring (bicyclic) bond motifs is 1. The summed E-state index contributed by atoms with van der Waals surface area (Å²) in [6, 6.07) is 21.8. The van der Waals surface area contributed by atoms with Gasteiger partial charge in [-0.2, -0.15) is 0 Å². The molecule has 1 aromatic heterocycles. The van der Waals surface area contributed by atoms with Crippen LogP contribution in [0.5, 0.6) is 0 Å². The number of benzene rings is 3. The number of carbonyl (C=O) groups is 2. The Kier molecular flexibility index (Phi) is 7.13. The monoisotopic (exact) mass is 477 g/mol. The average molecular weight is 478 g/mol. The molecule has 0 unspecified atom stereocenters. The molecule has 0 fully saturated rings. The molecule has 166 valence electrons. The molecule has 4 rings (SSSR count). The lowest BCUT2D eigenvalue weighted by Crippen LogP contribution is -2.35. The summed E-state index contributed by atoms with van der Waals surface area (Å²) in [5.74, 6) is -0.757. The number of rotatable bonds is 7. The lowest BCUT2D eigenvalue weighted by atomic mass is 10.1. The first-order chi connectivity index (χ1) is 16.0. The van der Waals surface area contributed by atoms with Gasteiger partial charge in [0.15, 0.2) is 0 Å². The van der Waals surface area contributed by atoms with Crippen molar-refractivity contribution in [1.29, 1.82) is 0 Å². The Morgan fingerprint density at radius 2 is 1.70 bits per heavy atom. The summed E-state index contributed by atoms with van der Waals surface area (Å²) in [5, 5.41) is 7.67. The third-order valence-electron chi connectivity index (χ3n) is 5.14. The number of para-hydroxylation sites is 1. The van der Waals surface area contributed by atoms with Crippen molar-refractivity contribution in [2.75, 3.05) is 6.54 Å². The molecule has 0 aliphatic carbocycles. The molecule has 1 heterocycles. The summed E-state index contributed by atoms with van der Waals surface area (Å²) in [4.78, 5) is 29.0. The van der Waals surface area contributed by atoms with Crippen molar-refractivity contribution in [3.8, 4) is 0 Å². The molecule has 33 heavy (non-hydrogen) atoms. The maximum atomic E-state index is 13.0. The van der Waals surface area contributed by atoms with Crippen LogP contribution in [0.1, 0.15) is 21.5 Å². The van der Waals surface area contributed by atoms with Crippen LogP contribution in [-0.2, 0) is 11.2 Å². The molecule has 5 nitrogen and oxygen atoms in total. The molecular weight excluding hydrogens is 457 g/mol. The Labute approximate surface area is 201 Å².